The molecular weight excluding hydrogens is 404 g/mol. The molecule has 1 saturated heterocycles. The van der Waals surface area contributed by atoms with Crippen LogP contribution in [0, 0.1) is 0 Å². The maximum Gasteiger partial charge on any atom is 0.232 e. The first kappa shape index (κ1) is 20.7. The van der Waals surface area contributed by atoms with Crippen LogP contribution in [0.2, 0.25) is 0 Å². The number of fused-ring (bicyclic) bond motifs is 2. The lowest BCUT2D eigenvalue weighted by Gasteiger charge is -2.27. The molecule has 2 aromatic carbocycles. The van der Waals surface area contributed by atoms with E-state index in [2.05, 4.69) is 20.4 Å². The Bertz CT molecular complexity index is 1160. The van der Waals surface area contributed by atoms with Gasteiger partial charge in [0.25, 0.3) is 0 Å². The van der Waals surface area contributed by atoms with Crippen molar-refractivity contribution in [2.75, 3.05) is 39.8 Å². The number of allylic oxidation sites excluding steroid dienone is 1. The van der Waals surface area contributed by atoms with Crippen LogP contribution >= 0.6 is 0 Å². The number of nitrogens with one attached hydrogen (secondary N) is 2. The molecule has 0 unspecified atom stereocenters. The number of unbranched alkanes of at least 4 members (excludes halogenated alkanes) is 1. The van der Waals surface area contributed by atoms with Crippen LogP contribution in [0.5, 0.6) is 11.5 Å². The summed E-state index contributed by atoms with van der Waals surface area (Å²) in [5.41, 5.74) is 3.18. The third-order valence-corrected chi connectivity index (χ3v) is 6.25. The van der Waals surface area contributed by atoms with Crippen molar-refractivity contribution in [2.45, 2.75) is 19.3 Å². The van der Waals surface area contributed by atoms with Crippen molar-refractivity contribution in [1.29, 1.82) is 0 Å². The third-order valence-electron chi connectivity index (χ3n) is 6.25. The molecule has 2 aliphatic rings. The van der Waals surface area contributed by atoms with Crippen molar-refractivity contribution in [3.63, 3.8) is 0 Å². The van der Waals surface area contributed by atoms with Crippen molar-refractivity contribution in [3.8, 4) is 11.5 Å². The van der Waals surface area contributed by atoms with Gasteiger partial charge in [0.15, 0.2) is 5.76 Å². The van der Waals surface area contributed by atoms with E-state index < -0.39 is 0 Å². The summed E-state index contributed by atoms with van der Waals surface area (Å²) < 4.78 is 11.7. The fourth-order valence-electron chi connectivity index (χ4n) is 4.51. The lowest BCUT2D eigenvalue weighted by Crippen LogP contribution is -2.43. The van der Waals surface area contributed by atoms with E-state index in [1.165, 1.54) is 0 Å². The van der Waals surface area contributed by atoms with Crippen LogP contribution in [0.1, 0.15) is 34.5 Å². The summed E-state index contributed by atoms with van der Waals surface area (Å²) in [7, 11) is 1.66. The number of carbonyl (C=O) groups excluding carboxylic acids is 1. The second-order valence-corrected chi connectivity index (χ2v) is 8.27. The molecule has 0 saturated carbocycles. The van der Waals surface area contributed by atoms with E-state index in [0.717, 1.165) is 74.2 Å². The van der Waals surface area contributed by atoms with Gasteiger partial charge in [0.1, 0.15) is 11.5 Å². The van der Waals surface area contributed by atoms with Gasteiger partial charge in [0.2, 0.25) is 5.78 Å². The molecule has 0 radical (unpaired) electrons. The van der Waals surface area contributed by atoms with Crippen molar-refractivity contribution in [2.24, 2.45) is 0 Å². The molecule has 1 fully saturated rings. The lowest BCUT2D eigenvalue weighted by molar-refractivity contribution is 0.101. The number of hydrogen-bond donors (Lipinski definition) is 2. The zero-order chi connectivity index (χ0) is 21.9. The second kappa shape index (κ2) is 9.14. The van der Waals surface area contributed by atoms with E-state index in [9.17, 15) is 4.79 Å². The molecule has 7 heteroatoms. The van der Waals surface area contributed by atoms with E-state index in [1.807, 2.05) is 30.3 Å². The number of carbonyl (C=O) groups is 1. The van der Waals surface area contributed by atoms with Crippen molar-refractivity contribution >= 4 is 22.8 Å². The highest BCUT2D eigenvalue weighted by Crippen LogP contribution is 2.40. The summed E-state index contributed by atoms with van der Waals surface area (Å²) in [6, 6.07) is 11.5. The van der Waals surface area contributed by atoms with Gasteiger partial charge in [0.05, 0.1) is 23.9 Å². The molecule has 0 aliphatic carbocycles. The van der Waals surface area contributed by atoms with Crippen LogP contribution in [0.15, 0.2) is 42.2 Å². The minimum atomic E-state index is -0.114. The average Bonchev–Trinajstić information content (AvgIpc) is 3.39. The summed E-state index contributed by atoms with van der Waals surface area (Å²) in [5.74, 6) is 1.58. The zero-order valence-corrected chi connectivity index (χ0v) is 18.3. The number of aromatic nitrogens is 2. The average molecular weight is 433 g/mol. The number of methoxy groups -OCH3 is 1. The summed E-state index contributed by atoms with van der Waals surface area (Å²) in [5, 5.41) is 11.7. The molecule has 2 N–H and O–H groups in total. The molecule has 7 nitrogen and oxygen atoms in total. The fraction of sp³-hybridized carbons (Fsp3) is 0.360. The van der Waals surface area contributed by atoms with Gasteiger partial charge in [-0.2, -0.15) is 5.10 Å². The SMILES string of the molecule is COc1ccc2c(c1CCCCN1CCNCC1)OC(=Cc1n[nH]c3ccccc13)C2=O. The van der Waals surface area contributed by atoms with Gasteiger partial charge in [-0.3, -0.25) is 9.89 Å². The van der Waals surface area contributed by atoms with E-state index in [1.54, 1.807) is 19.3 Å². The minimum Gasteiger partial charge on any atom is -0.496 e. The Morgan fingerprint density at radius 3 is 2.84 bits per heavy atom. The maximum absolute atomic E-state index is 13.1. The predicted molar refractivity (Wildman–Crippen MR) is 124 cm³/mol. The summed E-state index contributed by atoms with van der Waals surface area (Å²) >= 11 is 0. The van der Waals surface area contributed by atoms with E-state index in [0.29, 0.717) is 22.8 Å². The molecule has 1 aromatic heterocycles. The second-order valence-electron chi connectivity index (χ2n) is 8.27. The fourth-order valence-corrected chi connectivity index (χ4v) is 4.51. The molecule has 0 spiro atoms. The van der Waals surface area contributed by atoms with Crippen LogP contribution in [0.4, 0.5) is 0 Å². The topological polar surface area (TPSA) is 79.5 Å². The third kappa shape index (κ3) is 4.01. The van der Waals surface area contributed by atoms with Gasteiger partial charge in [-0.1, -0.05) is 18.2 Å². The highest BCUT2D eigenvalue weighted by Gasteiger charge is 2.31. The number of piperazine rings is 1. The molecule has 32 heavy (non-hydrogen) atoms. The molecular formula is C25H28N4O3. The quantitative estimate of drug-likeness (QED) is 0.440. The molecule has 166 valence electrons. The molecule has 3 aromatic rings. The minimum absolute atomic E-state index is 0.114. The number of ether oxygens (including phenoxy) is 2. The monoisotopic (exact) mass is 432 g/mol. The number of benzene rings is 2. The van der Waals surface area contributed by atoms with Crippen molar-refractivity contribution in [1.82, 2.24) is 20.4 Å². The van der Waals surface area contributed by atoms with Gasteiger partial charge >= 0.3 is 0 Å². The molecule has 5 rings (SSSR count). The van der Waals surface area contributed by atoms with Crippen molar-refractivity contribution in [3.05, 3.63) is 59.0 Å². The van der Waals surface area contributed by atoms with Gasteiger partial charge in [-0.05, 0) is 44.0 Å². The van der Waals surface area contributed by atoms with E-state index in [-0.39, 0.29) is 5.78 Å². The number of H-pyrrole nitrogens is 1. The molecule has 0 amide bonds. The van der Waals surface area contributed by atoms with Crippen LogP contribution in [-0.4, -0.2) is 60.7 Å². The number of aromatic amines is 1. The van der Waals surface area contributed by atoms with Crippen LogP contribution < -0.4 is 14.8 Å². The first-order chi connectivity index (χ1) is 15.7. The maximum atomic E-state index is 13.1. The van der Waals surface area contributed by atoms with Gasteiger partial charge < -0.3 is 19.7 Å². The number of Topliss-reactive ketones (excluding diaryl/α,β-unsaturated/α-hetero) is 1. The molecule has 2 aliphatic heterocycles. The Hall–Kier alpha value is -3.16. The summed E-state index contributed by atoms with van der Waals surface area (Å²) in [6.07, 6.45) is 4.65. The number of rotatable bonds is 7. The number of nitrogens with zero attached hydrogens (tertiary/aromatic N) is 2. The number of para-hydroxylation sites is 1. The zero-order valence-electron chi connectivity index (χ0n) is 18.3. The Labute approximate surface area is 187 Å². The molecule has 0 bridgehead atoms. The first-order valence-corrected chi connectivity index (χ1v) is 11.2. The van der Waals surface area contributed by atoms with E-state index >= 15 is 0 Å². The van der Waals surface area contributed by atoms with Crippen molar-refractivity contribution < 1.29 is 14.3 Å². The Morgan fingerprint density at radius 1 is 1.16 bits per heavy atom. The van der Waals surface area contributed by atoms with Gasteiger partial charge in [-0.25, -0.2) is 0 Å². The molecule has 0 atom stereocenters. The standard InChI is InChI=1S/C25H28N4O3/c1-31-22-10-9-19-24(30)23(16-21-17-6-2-3-8-20(17)27-28-21)32-25(19)18(22)7-4-5-13-29-14-11-26-12-15-29/h2-3,6,8-10,16,26H,4-5,7,11-15H2,1H3,(H,27,28). The summed E-state index contributed by atoms with van der Waals surface area (Å²) in [4.78, 5) is 15.6. The molecule has 3 heterocycles. The number of hydrogen-bond acceptors (Lipinski definition) is 6. The lowest BCUT2D eigenvalue weighted by atomic mass is 10.0. The predicted octanol–water partition coefficient (Wildman–Crippen LogP) is 3.42. The number of ketones is 1. The smallest absolute Gasteiger partial charge is 0.232 e. The summed E-state index contributed by atoms with van der Waals surface area (Å²) in [6.45, 7) is 5.44. The first-order valence-electron chi connectivity index (χ1n) is 11.2. The highest BCUT2D eigenvalue weighted by molar-refractivity contribution is 6.15. The Kier molecular flexibility index (Phi) is 5.92. The highest BCUT2D eigenvalue weighted by atomic mass is 16.5. The van der Waals surface area contributed by atoms with Crippen LogP contribution in [0.25, 0.3) is 17.0 Å². The Balaban J connectivity index is 1.35. The van der Waals surface area contributed by atoms with Gasteiger partial charge in [0, 0.05) is 43.2 Å². The Morgan fingerprint density at radius 2 is 2.00 bits per heavy atom. The van der Waals surface area contributed by atoms with E-state index in [4.69, 9.17) is 9.47 Å². The largest absolute Gasteiger partial charge is 0.496 e. The van der Waals surface area contributed by atoms with Crippen LogP contribution in [-0.2, 0) is 6.42 Å². The van der Waals surface area contributed by atoms with Gasteiger partial charge in [-0.15, -0.1) is 0 Å². The van der Waals surface area contributed by atoms with Crippen LogP contribution in [0.3, 0.4) is 0 Å². The normalized spacial score (nSPS) is 17.7.